The number of benzene rings is 1. The largest absolute Gasteiger partial charge is 0.351 e. The number of carbonyl (C=O) groups is 2. The molecule has 2 N–H and O–H groups in total. The highest BCUT2D eigenvalue weighted by Gasteiger charge is 2.12. The molecule has 0 aliphatic rings. The highest BCUT2D eigenvalue weighted by Crippen LogP contribution is 2.06. The molecule has 0 unspecified atom stereocenters. The first-order valence-corrected chi connectivity index (χ1v) is 8.88. The molecule has 0 aliphatic heterocycles. The van der Waals surface area contributed by atoms with Gasteiger partial charge in [-0.2, -0.15) is 0 Å². The van der Waals surface area contributed by atoms with Gasteiger partial charge >= 0.3 is 0 Å². The van der Waals surface area contributed by atoms with E-state index in [0.29, 0.717) is 18.5 Å². The molecule has 2 aromatic rings. The Labute approximate surface area is 153 Å². The summed E-state index contributed by atoms with van der Waals surface area (Å²) in [6, 6.07) is 11.2. The number of carbonyl (C=O) groups excluding carboxylic acids is 2. The molecule has 6 heteroatoms. The molecule has 2 rings (SSSR count). The van der Waals surface area contributed by atoms with Crippen LogP contribution in [0.5, 0.6) is 0 Å². The fourth-order valence-corrected chi connectivity index (χ4v) is 2.46. The zero-order valence-corrected chi connectivity index (χ0v) is 14.9. The first kappa shape index (κ1) is 19.6. The summed E-state index contributed by atoms with van der Waals surface area (Å²) in [5.41, 5.74) is 0.920. The molecule has 0 aliphatic carbocycles. The average molecular weight is 357 g/mol. The second-order valence-electron chi connectivity index (χ2n) is 5.97. The van der Waals surface area contributed by atoms with Crippen LogP contribution in [0.4, 0.5) is 4.39 Å². The lowest BCUT2D eigenvalue weighted by Crippen LogP contribution is -2.29. The summed E-state index contributed by atoms with van der Waals surface area (Å²) in [6.07, 6.45) is 3.43. The third-order valence-corrected chi connectivity index (χ3v) is 3.92. The second kappa shape index (κ2) is 10.3. The van der Waals surface area contributed by atoms with Crippen LogP contribution < -0.4 is 10.6 Å². The minimum Gasteiger partial charge on any atom is -0.351 e. The molecule has 0 radical (unpaired) electrons. The van der Waals surface area contributed by atoms with Gasteiger partial charge in [0.05, 0.1) is 0 Å². The van der Waals surface area contributed by atoms with Gasteiger partial charge < -0.3 is 10.6 Å². The Hall–Kier alpha value is -2.76. The van der Waals surface area contributed by atoms with Gasteiger partial charge in [-0.15, -0.1) is 0 Å². The van der Waals surface area contributed by atoms with Crippen molar-refractivity contribution in [2.24, 2.45) is 0 Å². The second-order valence-corrected chi connectivity index (χ2v) is 5.97. The fourth-order valence-electron chi connectivity index (χ4n) is 2.46. The predicted molar refractivity (Wildman–Crippen MR) is 98.5 cm³/mol. The van der Waals surface area contributed by atoms with Crippen molar-refractivity contribution < 1.29 is 14.0 Å². The summed E-state index contributed by atoms with van der Waals surface area (Å²) in [7, 11) is 0. The molecule has 2 amide bonds. The Morgan fingerprint density at radius 2 is 1.58 bits per heavy atom. The van der Waals surface area contributed by atoms with Crippen molar-refractivity contribution in [1.29, 1.82) is 0 Å². The van der Waals surface area contributed by atoms with Gasteiger partial charge in [0, 0.05) is 13.1 Å². The molecular weight excluding hydrogens is 333 g/mol. The standard InChI is InChI=1S/C20H24FN3O2/c1-2-3-6-13-22-19(25)17-10-7-11-18(24-17)20(26)23-14-12-15-8-4-5-9-16(15)21/h4-5,7-11H,2-3,6,12-14H2,1H3,(H,22,25)(H,23,26). The summed E-state index contributed by atoms with van der Waals surface area (Å²) in [4.78, 5) is 28.4. The number of hydrogen-bond acceptors (Lipinski definition) is 3. The van der Waals surface area contributed by atoms with E-state index in [1.165, 1.54) is 6.07 Å². The molecule has 5 nitrogen and oxygen atoms in total. The van der Waals surface area contributed by atoms with E-state index < -0.39 is 0 Å². The highest BCUT2D eigenvalue weighted by molar-refractivity contribution is 5.96. The number of aromatic nitrogens is 1. The lowest BCUT2D eigenvalue weighted by Gasteiger charge is -2.08. The summed E-state index contributed by atoms with van der Waals surface area (Å²) in [5.74, 6) is -0.967. The Morgan fingerprint density at radius 1 is 0.923 bits per heavy atom. The van der Waals surface area contributed by atoms with Crippen molar-refractivity contribution >= 4 is 11.8 Å². The zero-order chi connectivity index (χ0) is 18.8. The molecule has 0 fully saturated rings. The molecule has 1 heterocycles. The maximum atomic E-state index is 13.6. The third-order valence-electron chi connectivity index (χ3n) is 3.92. The van der Waals surface area contributed by atoms with E-state index in [1.54, 1.807) is 36.4 Å². The number of pyridine rings is 1. The monoisotopic (exact) mass is 357 g/mol. The van der Waals surface area contributed by atoms with Crippen LogP contribution in [0.15, 0.2) is 42.5 Å². The van der Waals surface area contributed by atoms with Crippen molar-refractivity contribution in [2.75, 3.05) is 13.1 Å². The van der Waals surface area contributed by atoms with E-state index in [2.05, 4.69) is 22.5 Å². The number of hydrogen-bond donors (Lipinski definition) is 2. The van der Waals surface area contributed by atoms with E-state index in [-0.39, 0.29) is 35.6 Å². The normalized spacial score (nSPS) is 10.4. The maximum Gasteiger partial charge on any atom is 0.269 e. The molecule has 1 aromatic carbocycles. The SMILES string of the molecule is CCCCCNC(=O)c1cccc(C(=O)NCCc2ccccc2F)n1. The van der Waals surface area contributed by atoms with Crippen LogP contribution in [-0.4, -0.2) is 29.9 Å². The van der Waals surface area contributed by atoms with Crippen molar-refractivity contribution in [3.8, 4) is 0 Å². The zero-order valence-electron chi connectivity index (χ0n) is 14.9. The van der Waals surface area contributed by atoms with E-state index >= 15 is 0 Å². The minimum atomic E-state index is -0.387. The first-order valence-electron chi connectivity index (χ1n) is 8.88. The van der Waals surface area contributed by atoms with Gasteiger partial charge in [0.2, 0.25) is 0 Å². The minimum absolute atomic E-state index is 0.166. The van der Waals surface area contributed by atoms with E-state index in [9.17, 15) is 14.0 Å². The van der Waals surface area contributed by atoms with Gasteiger partial charge in [-0.3, -0.25) is 9.59 Å². The third kappa shape index (κ3) is 5.95. The van der Waals surface area contributed by atoms with E-state index in [4.69, 9.17) is 0 Å². The van der Waals surface area contributed by atoms with Gasteiger partial charge in [-0.1, -0.05) is 44.0 Å². The van der Waals surface area contributed by atoms with Crippen molar-refractivity contribution in [3.05, 3.63) is 65.2 Å². The summed E-state index contributed by atoms with van der Waals surface area (Å²) >= 11 is 0. The average Bonchev–Trinajstić information content (AvgIpc) is 2.66. The van der Waals surface area contributed by atoms with Gasteiger partial charge in [0.25, 0.3) is 11.8 Å². The van der Waals surface area contributed by atoms with E-state index in [0.717, 1.165) is 19.3 Å². The van der Waals surface area contributed by atoms with Gasteiger partial charge in [-0.05, 0) is 36.6 Å². The Balaban J connectivity index is 1.87. The predicted octanol–water partition coefficient (Wildman–Crippen LogP) is 3.11. The molecule has 0 spiro atoms. The van der Waals surface area contributed by atoms with Gasteiger partial charge in [0.1, 0.15) is 17.2 Å². The van der Waals surface area contributed by atoms with Crippen LogP contribution in [0.25, 0.3) is 0 Å². The Kier molecular flexibility index (Phi) is 7.74. The van der Waals surface area contributed by atoms with Crippen molar-refractivity contribution in [2.45, 2.75) is 32.6 Å². The van der Waals surface area contributed by atoms with Crippen LogP contribution in [0.1, 0.15) is 52.7 Å². The molecular formula is C20H24FN3O2. The fraction of sp³-hybridized carbons (Fsp3) is 0.350. The summed E-state index contributed by atoms with van der Waals surface area (Å²) in [6.45, 7) is 2.97. The molecule has 26 heavy (non-hydrogen) atoms. The quantitative estimate of drug-likeness (QED) is 0.678. The highest BCUT2D eigenvalue weighted by atomic mass is 19.1. The number of rotatable bonds is 9. The van der Waals surface area contributed by atoms with Gasteiger partial charge in [0.15, 0.2) is 0 Å². The lowest BCUT2D eigenvalue weighted by atomic mass is 10.1. The summed E-state index contributed by atoms with van der Waals surface area (Å²) in [5, 5.41) is 5.50. The smallest absolute Gasteiger partial charge is 0.269 e. The molecule has 0 atom stereocenters. The van der Waals surface area contributed by atoms with Crippen molar-refractivity contribution in [1.82, 2.24) is 15.6 Å². The molecule has 0 saturated heterocycles. The first-order chi connectivity index (χ1) is 12.6. The Morgan fingerprint density at radius 3 is 2.23 bits per heavy atom. The summed E-state index contributed by atoms with van der Waals surface area (Å²) < 4.78 is 13.6. The molecule has 0 bridgehead atoms. The van der Waals surface area contributed by atoms with Crippen LogP contribution in [-0.2, 0) is 6.42 Å². The van der Waals surface area contributed by atoms with E-state index in [1.807, 2.05) is 0 Å². The number of amides is 2. The number of nitrogens with one attached hydrogen (secondary N) is 2. The number of unbranched alkanes of at least 4 members (excludes halogenated alkanes) is 2. The lowest BCUT2D eigenvalue weighted by molar-refractivity contribution is 0.0944. The van der Waals surface area contributed by atoms with Crippen LogP contribution >= 0.6 is 0 Å². The van der Waals surface area contributed by atoms with Crippen molar-refractivity contribution in [3.63, 3.8) is 0 Å². The van der Waals surface area contributed by atoms with Crippen LogP contribution in [0, 0.1) is 5.82 Å². The number of nitrogens with zero attached hydrogens (tertiary/aromatic N) is 1. The topological polar surface area (TPSA) is 71.1 Å². The van der Waals surface area contributed by atoms with Crippen LogP contribution in [0.2, 0.25) is 0 Å². The molecule has 0 saturated carbocycles. The molecule has 138 valence electrons. The number of halogens is 1. The maximum absolute atomic E-state index is 13.6. The Bertz CT molecular complexity index is 749. The molecule has 1 aromatic heterocycles. The van der Waals surface area contributed by atoms with Crippen LogP contribution in [0.3, 0.4) is 0 Å². The van der Waals surface area contributed by atoms with Gasteiger partial charge in [-0.25, -0.2) is 9.37 Å².